The largest absolute Gasteiger partial charge is 0.378 e. The fourth-order valence-corrected chi connectivity index (χ4v) is 3.35. The average molecular weight is 468 g/mol. The lowest BCUT2D eigenvalue weighted by Gasteiger charge is -2.29. The number of nitrogens with zero attached hydrogens (tertiary/aromatic N) is 1. The summed E-state index contributed by atoms with van der Waals surface area (Å²) in [4.78, 5) is 26.0. The molecule has 1 heterocycles. The highest BCUT2D eigenvalue weighted by molar-refractivity contribution is 9.10. The van der Waals surface area contributed by atoms with Gasteiger partial charge in [0.2, 0.25) is 5.91 Å². The van der Waals surface area contributed by atoms with E-state index in [2.05, 4.69) is 26.6 Å². The van der Waals surface area contributed by atoms with Crippen LogP contribution in [0.3, 0.4) is 0 Å². The van der Waals surface area contributed by atoms with E-state index in [9.17, 15) is 18.4 Å². The Bertz CT molecular complexity index is 905. The number of hydrogen-bond acceptors (Lipinski definition) is 4. The predicted octanol–water partition coefficient (Wildman–Crippen LogP) is 3.32. The molecule has 2 aromatic rings. The zero-order chi connectivity index (χ0) is 20.8. The van der Waals surface area contributed by atoms with E-state index in [0.29, 0.717) is 42.2 Å². The molecule has 2 aromatic carbocycles. The highest BCUT2D eigenvalue weighted by atomic mass is 79.9. The van der Waals surface area contributed by atoms with Crippen LogP contribution in [-0.2, 0) is 9.53 Å². The third kappa shape index (κ3) is 5.74. The molecule has 1 saturated heterocycles. The first kappa shape index (κ1) is 21.2. The minimum absolute atomic E-state index is 0.00842. The average Bonchev–Trinajstić information content (AvgIpc) is 2.70. The van der Waals surface area contributed by atoms with Gasteiger partial charge in [0.1, 0.15) is 11.6 Å². The fraction of sp³-hybridized carbons (Fsp3) is 0.300. The van der Waals surface area contributed by atoms with Crippen molar-refractivity contribution in [3.63, 3.8) is 0 Å². The smallest absolute Gasteiger partial charge is 0.252 e. The first-order valence-electron chi connectivity index (χ1n) is 9.09. The summed E-state index contributed by atoms with van der Waals surface area (Å²) in [5.41, 5.74) is 0.953. The van der Waals surface area contributed by atoms with Gasteiger partial charge in [0, 0.05) is 36.2 Å². The maximum Gasteiger partial charge on any atom is 0.252 e. The monoisotopic (exact) mass is 467 g/mol. The fourth-order valence-electron chi connectivity index (χ4n) is 2.93. The van der Waals surface area contributed by atoms with E-state index >= 15 is 0 Å². The van der Waals surface area contributed by atoms with Gasteiger partial charge < -0.3 is 20.3 Å². The van der Waals surface area contributed by atoms with E-state index in [-0.39, 0.29) is 24.4 Å². The molecule has 1 fully saturated rings. The molecule has 0 saturated carbocycles. The minimum atomic E-state index is -0.529. The number of morpholine rings is 1. The van der Waals surface area contributed by atoms with Crippen molar-refractivity contribution in [1.82, 2.24) is 5.32 Å². The highest BCUT2D eigenvalue weighted by Crippen LogP contribution is 2.24. The molecule has 0 atom stereocenters. The zero-order valence-electron chi connectivity index (χ0n) is 15.5. The predicted molar refractivity (Wildman–Crippen MR) is 109 cm³/mol. The maximum absolute atomic E-state index is 14.4. The molecular weight excluding hydrogens is 448 g/mol. The molecule has 0 radical (unpaired) electrons. The second-order valence-corrected chi connectivity index (χ2v) is 7.30. The van der Waals surface area contributed by atoms with Crippen molar-refractivity contribution in [2.45, 2.75) is 6.42 Å². The molecule has 29 heavy (non-hydrogen) atoms. The van der Waals surface area contributed by atoms with Gasteiger partial charge >= 0.3 is 0 Å². The highest BCUT2D eigenvalue weighted by Gasteiger charge is 2.16. The van der Waals surface area contributed by atoms with Gasteiger partial charge in [-0.3, -0.25) is 9.59 Å². The van der Waals surface area contributed by atoms with Gasteiger partial charge in [0.05, 0.1) is 24.5 Å². The van der Waals surface area contributed by atoms with Crippen molar-refractivity contribution in [2.24, 2.45) is 0 Å². The van der Waals surface area contributed by atoms with Crippen molar-refractivity contribution >= 4 is 39.1 Å². The summed E-state index contributed by atoms with van der Waals surface area (Å²) in [6.07, 6.45) is -0.00842. The third-order valence-electron chi connectivity index (χ3n) is 4.39. The summed E-state index contributed by atoms with van der Waals surface area (Å²) in [5.74, 6) is -1.82. The van der Waals surface area contributed by atoms with Crippen LogP contribution in [0.2, 0.25) is 0 Å². The van der Waals surface area contributed by atoms with E-state index in [4.69, 9.17) is 4.74 Å². The van der Waals surface area contributed by atoms with Crippen molar-refractivity contribution in [3.05, 3.63) is 58.1 Å². The Morgan fingerprint density at radius 2 is 1.86 bits per heavy atom. The SMILES string of the molecule is O=C(CCNC(=O)c1cc(F)ccc1Br)Nc1ccc(N2CCOCC2)c(F)c1. The van der Waals surface area contributed by atoms with Crippen LogP contribution in [-0.4, -0.2) is 44.7 Å². The summed E-state index contributed by atoms with van der Waals surface area (Å²) in [6.45, 7) is 2.39. The van der Waals surface area contributed by atoms with Gasteiger partial charge in [-0.2, -0.15) is 0 Å². The van der Waals surface area contributed by atoms with Gasteiger partial charge in [0.15, 0.2) is 0 Å². The first-order chi connectivity index (χ1) is 13.9. The number of halogens is 3. The van der Waals surface area contributed by atoms with Crippen LogP contribution in [0.15, 0.2) is 40.9 Å². The number of hydrogen-bond donors (Lipinski definition) is 2. The van der Waals surface area contributed by atoms with Crippen LogP contribution >= 0.6 is 15.9 Å². The van der Waals surface area contributed by atoms with E-state index in [1.54, 1.807) is 12.1 Å². The Morgan fingerprint density at radius 1 is 1.10 bits per heavy atom. The molecule has 0 aliphatic carbocycles. The number of carbonyl (C=O) groups is 2. The lowest BCUT2D eigenvalue weighted by atomic mass is 10.2. The Hall–Kier alpha value is -2.52. The molecule has 2 N–H and O–H groups in total. The van der Waals surface area contributed by atoms with E-state index in [1.165, 1.54) is 18.2 Å². The van der Waals surface area contributed by atoms with Crippen LogP contribution in [0.5, 0.6) is 0 Å². The van der Waals surface area contributed by atoms with Crippen LogP contribution in [0.4, 0.5) is 20.2 Å². The molecule has 0 bridgehead atoms. The number of carbonyl (C=O) groups excluding carboxylic acids is 2. The van der Waals surface area contributed by atoms with Crippen LogP contribution in [0.1, 0.15) is 16.8 Å². The summed E-state index contributed by atoms with van der Waals surface area (Å²) in [6, 6.07) is 8.31. The first-order valence-corrected chi connectivity index (χ1v) is 9.88. The van der Waals surface area contributed by atoms with Gasteiger partial charge in [0.25, 0.3) is 5.91 Å². The molecule has 0 spiro atoms. The Morgan fingerprint density at radius 3 is 2.59 bits per heavy atom. The molecule has 6 nitrogen and oxygen atoms in total. The van der Waals surface area contributed by atoms with Crippen molar-refractivity contribution < 1.29 is 23.1 Å². The van der Waals surface area contributed by atoms with E-state index < -0.39 is 17.5 Å². The molecule has 0 aromatic heterocycles. The normalized spacial score (nSPS) is 13.8. The molecule has 1 aliphatic heterocycles. The lowest BCUT2D eigenvalue weighted by Crippen LogP contribution is -2.36. The summed E-state index contributed by atoms with van der Waals surface area (Å²) in [7, 11) is 0. The standard InChI is InChI=1S/C20H20BrF2N3O3/c21-16-3-1-13(22)11-15(16)20(28)24-6-5-19(27)25-14-2-4-18(17(23)12-14)26-7-9-29-10-8-26/h1-4,11-12H,5-10H2,(H,24,28)(H,25,27). The second kappa shape index (κ2) is 9.80. The molecule has 2 amide bonds. The Balaban J connectivity index is 1.49. The van der Waals surface area contributed by atoms with Gasteiger partial charge in [-0.25, -0.2) is 8.78 Å². The molecule has 3 rings (SSSR count). The third-order valence-corrected chi connectivity index (χ3v) is 5.09. The number of nitrogens with one attached hydrogen (secondary N) is 2. The van der Waals surface area contributed by atoms with Crippen LogP contribution in [0.25, 0.3) is 0 Å². The number of amides is 2. The molecule has 1 aliphatic rings. The Kier molecular flexibility index (Phi) is 7.16. The summed E-state index contributed by atoms with van der Waals surface area (Å²) < 4.78 is 33.4. The number of anilines is 2. The van der Waals surface area contributed by atoms with Crippen molar-refractivity contribution in [2.75, 3.05) is 43.1 Å². The number of rotatable bonds is 6. The molecule has 154 valence electrons. The quantitative estimate of drug-likeness (QED) is 0.683. The van der Waals surface area contributed by atoms with Gasteiger partial charge in [-0.05, 0) is 52.3 Å². The van der Waals surface area contributed by atoms with E-state index in [0.717, 1.165) is 6.07 Å². The molecular formula is C20H20BrF2N3O3. The second-order valence-electron chi connectivity index (χ2n) is 6.44. The van der Waals surface area contributed by atoms with Crippen molar-refractivity contribution in [1.29, 1.82) is 0 Å². The van der Waals surface area contributed by atoms with Gasteiger partial charge in [-0.15, -0.1) is 0 Å². The van der Waals surface area contributed by atoms with Crippen molar-refractivity contribution in [3.8, 4) is 0 Å². The lowest BCUT2D eigenvalue weighted by molar-refractivity contribution is -0.116. The Labute approximate surface area is 175 Å². The maximum atomic E-state index is 14.4. The molecule has 9 heteroatoms. The van der Waals surface area contributed by atoms with Crippen LogP contribution < -0.4 is 15.5 Å². The summed E-state index contributed by atoms with van der Waals surface area (Å²) in [5, 5.41) is 5.16. The molecule has 0 unspecified atom stereocenters. The number of ether oxygens (including phenoxy) is 1. The number of benzene rings is 2. The topological polar surface area (TPSA) is 70.7 Å². The van der Waals surface area contributed by atoms with Gasteiger partial charge in [-0.1, -0.05) is 0 Å². The summed E-state index contributed by atoms with van der Waals surface area (Å²) >= 11 is 3.18. The van der Waals surface area contributed by atoms with E-state index in [1.807, 2.05) is 4.90 Å². The van der Waals surface area contributed by atoms with Crippen LogP contribution in [0, 0.1) is 11.6 Å². The minimum Gasteiger partial charge on any atom is -0.378 e. The zero-order valence-corrected chi connectivity index (χ0v) is 17.1.